The molecule has 0 aromatic carbocycles. The third kappa shape index (κ3) is 29.2. The molecule has 0 rings (SSSR count). The number of hydrogen-bond acceptors (Lipinski definition) is 4. The van der Waals surface area contributed by atoms with Gasteiger partial charge < -0.3 is 19.1 Å². The van der Waals surface area contributed by atoms with Crippen LogP contribution in [0.5, 0.6) is 0 Å². The van der Waals surface area contributed by atoms with E-state index in [0.717, 1.165) is 0 Å². The number of carbonyl (C=O) groups excluding carboxylic acids is 1. The summed E-state index contributed by atoms with van der Waals surface area (Å²) in [7, 11) is -4.37. The molecule has 0 unspecified atom stereocenters. The average Bonchev–Trinajstić information content (AvgIpc) is 1.88. The number of rotatable bonds is 4. The van der Waals surface area contributed by atoms with Crippen molar-refractivity contribution in [1.82, 2.24) is 0 Å². The van der Waals surface area contributed by atoms with Gasteiger partial charge in [-0.15, -0.1) is 0 Å². The standard InChI is InChI=1S/C5H11O4P.C2H6.2Na/c1-5(6)3-2-4-10(7,8)9;1-2;;/h2-4H2,1H3,(H2,7,8,9);1-2H3;;/q;;2*+1/p-2. The molecule has 0 amide bonds. The third-order valence-electron chi connectivity index (χ3n) is 0.961. The molecule has 74 valence electrons. The zero-order valence-electron chi connectivity index (χ0n) is 9.70. The molecular weight excluding hydrogens is 225 g/mol. The molecule has 0 saturated carbocycles. The van der Waals surface area contributed by atoms with E-state index in [1.165, 1.54) is 6.92 Å². The van der Waals surface area contributed by atoms with E-state index in [0.29, 0.717) is 0 Å². The van der Waals surface area contributed by atoms with Crippen LogP contribution >= 0.6 is 7.60 Å². The van der Waals surface area contributed by atoms with Crippen molar-refractivity contribution in [2.45, 2.75) is 33.6 Å². The van der Waals surface area contributed by atoms with Gasteiger partial charge in [0.2, 0.25) is 0 Å². The largest absolute Gasteiger partial charge is 1.00 e. The molecule has 0 aromatic heterocycles. The predicted octanol–water partition coefficient (Wildman–Crippen LogP) is -5.70. The van der Waals surface area contributed by atoms with Crippen molar-refractivity contribution in [3.05, 3.63) is 0 Å². The first-order valence-electron chi connectivity index (χ1n) is 3.92. The number of carbonyl (C=O) groups is 1. The minimum atomic E-state index is -4.37. The van der Waals surface area contributed by atoms with Crippen molar-refractivity contribution in [2.24, 2.45) is 0 Å². The Morgan fingerprint density at radius 1 is 1.21 bits per heavy atom. The maximum absolute atomic E-state index is 10.2. The number of ketones is 1. The van der Waals surface area contributed by atoms with Crippen molar-refractivity contribution in [3.63, 3.8) is 0 Å². The van der Waals surface area contributed by atoms with Gasteiger partial charge in [-0.25, -0.2) is 0 Å². The summed E-state index contributed by atoms with van der Waals surface area (Å²) in [4.78, 5) is 30.2. The van der Waals surface area contributed by atoms with Crippen LogP contribution in [-0.4, -0.2) is 11.9 Å². The van der Waals surface area contributed by atoms with E-state index in [-0.39, 0.29) is 77.7 Å². The van der Waals surface area contributed by atoms with Gasteiger partial charge in [-0.2, -0.15) is 0 Å². The fourth-order valence-electron chi connectivity index (χ4n) is 0.522. The maximum Gasteiger partial charge on any atom is 1.00 e. The van der Waals surface area contributed by atoms with Crippen LogP contribution in [0.25, 0.3) is 0 Å². The molecule has 0 radical (unpaired) electrons. The molecule has 0 N–H and O–H groups in total. The number of hydrogen-bond donors (Lipinski definition) is 0. The van der Waals surface area contributed by atoms with Gasteiger partial charge in [-0.3, -0.25) is 0 Å². The summed E-state index contributed by atoms with van der Waals surface area (Å²) in [5.41, 5.74) is 0. The molecule has 0 bridgehead atoms. The van der Waals surface area contributed by atoms with E-state index in [4.69, 9.17) is 0 Å². The van der Waals surface area contributed by atoms with Crippen LogP contribution in [0.1, 0.15) is 33.6 Å². The second-order valence-electron chi connectivity index (χ2n) is 2.14. The van der Waals surface area contributed by atoms with Gasteiger partial charge in [0.15, 0.2) is 0 Å². The Hall–Kier alpha value is 1.82. The second-order valence-corrected chi connectivity index (χ2v) is 3.81. The molecule has 7 heteroatoms. The molecule has 0 heterocycles. The summed E-state index contributed by atoms with van der Waals surface area (Å²) in [5.74, 6) is -0.0894. The molecular formula is C7H15Na2O4P. The fraction of sp³-hybridized carbons (Fsp3) is 0.857. The fourth-order valence-corrected chi connectivity index (χ4v) is 1.07. The Labute approximate surface area is 130 Å². The topological polar surface area (TPSA) is 80.3 Å². The van der Waals surface area contributed by atoms with Gasteiger partial charge in [0.1, 0.15) is 5.78 Å². The van der Waals surface area contributed by atoms with E-state index in [2.05, 4.69) is 0 Å². The average molecular weight is 240 g/mol. The van der Waals surface area contributed by atoms with Crippen molar-refractivity contribution in [3.8, 4) is 0 Å². The van der Waals surface area contributed by atoms with Crippen LogP contribution in [0.4, 0.5) is 0 Å². The normalized spacial score (nSPS) is 8.64. The van der Waals surface area contributed by atoms with Crippen molar-refractivity contribution >= 4 is 13.4 Å². The summed E-state index contributed by atoms with van der Waals surface area (Å²) in [6.45, 7) is 5.36. The van der Waals surface area contributed by atoms with Gasteiger partial charge in [-0.1, -0.05) is 21.4 Å². The zero-order chi connectivity index (χ0) is 10.2. The smallest absolute Gasteiger partial charge is 0.811 e. The quantitative estimate of drug-likeness (QED) is 0.362. The number of Topliss-reactive ketones (excluding diaryl/α,β-unsaturated/α-hetero) is 1. The molecule has 0 aliphatic heterocycles. The van der Waals surface area contributed by atoms with Gasteiger partial charge in [0.05, 0.1) is 0 Å². The zero-order valence-corrected chi connectivity index (χ0v) is 14.6. The van der Waals surface area contributed by atoms with E-state index in [1.54, 1.807) is 0 Å². The molecule has 0 aromatic rings. The Kier molecular flexibility index (Phi) is 26.3. The van der Waals surface area contributed by atoms with Crippen molar-refractivity contribution in [1.29, 1.82) is 0 Å². The van der Waals surface area contributed by atoms with Gasteiger partial charge in [0.25, 0.3) is 0 Å². The van der Waals surface area contributed by atoms with Crippen LogP contribution in [0.3, 0.4) is 0 Å². The SMILES string of the molecule is CC.CC(=O)CCCP(=O)([O-])[O-].[Na+].[Na+]. The summed E-state index contributed by atoms with van der Waals surface area (Å²) in [5, 5.41) is 0. The molecule has 14 heavy (non-hydrogen) atoms. The van der Waals surface area contributed by atoms with E-state index in [9.17, 15) is 19.1 Å². The Bertz CT molecular complexity index is 169. The van der Waals surface area contributed by atoms with Gasteiger partial charge in [0, 0.05) is 6.42 Å². The van der Waals surface area contributed by atoms with Gasteiger partial charge >= 0.3 is 59.1 Å². The van der Waals surface area contributed by atoms with Crippen LogP contribution in [-0.2, 0) is 9.36 Å². The first kappa shape index (κ1) is 24.9. The molecule has 0 atom stereocenters. The second kappa shape index (κ2) is 14.8. The third-order valence-corrected chi connectivity index (χ3v) is 1.82. The minimum absolute atomic E-state index is 0. The monoisotopic (exact) mass is 240 g/mol. The Morgan fingerprint density at radius 2 is 1.57 bits per heavy atom. The maximum atomic E-state index is 10.2. The first-order valence-corrected chi connectivity index (χ1v) is 5.65. The van der Waals surface area contributed by atoms with Crippen LogP contribution < -0.4 is 68.9 Å². The van der Waals surface area contributed by atoms with Crippen molar-refractivity contribution < 1.29 is 78.3 Å². The van der Waals surface area contributed by atoms with Crippen LogP contribution in [0, 0.1) is 0 Å². The summed E-state index contributed by atoms with van der Waals surface area (Å²) < 4.78 is 9.97. The Morgan fingerprint density at radius 3 is 1.79 bits per heavy atom. The van der Waals surface area contributed by atoms with Crippen LogP contribution in [0.15, 0.2) is 0 Å². The molecule has 0 fully saturated rings. The van der Waals surface area contributed by atoms with E-state index >= 15 is 0 Å². The molecule has 0 aliphatic rings. The summed E-state index contributed by atoms with van der Waals surface area (Å²) in [6, 6.07) is 0. The predicted molar refractivity (Wildman–Crippen MR) is 43.7 cm³/mol. The molecule has 0 saturated heterocycles. The first-order chi connectivity index (χ1) is 5.42. The Balaban J connectivity index is -0.000000117. The van der Waals surface area contributed by atoms with Crippen molar-refractivity contribution in [2.75, 3.05) is 6.16 Å². The van der Waals surface area contributed by atoms with Gasteiger partial charge in [-0.05, 0) is 19.5 Å². The molecule has 0 spiro atoms. The minimum Gasteiger partial charge on any atom is -0.811 e. The van der Waals surface area contributed by atoms with E-state index in [1.807, 2.05) is 13.8 Å². The van der Waals surface area contributed by atoms with E-state index < -0.39 is 13.8 Å². The molecule has 4 nitrogen and oxygen atoms in total. The molecule has 0 aliphatic carbocycles. The van der Waals surface area contributed by atoms with Crippen LogP contribution in [0.2, 0.25) is 0 Å². The summed E-state index contributed by atoms with van der Waals surface area (Å²) in [6.07, 6.45) is -0.0827. The summed E-state index contributed by atoms with van der Waals surface area (Å²) >= 11 is 0.